The van der Waals surface area contributed by atoms with E-state index in [0.717, 1.165) is 33.2 Å². The lowest BCUT2D eigenvalue weighted by molar-refractivity contribution is -0.659. The molecule has 0 bridgehead atoms. The molecule has 0 atom stereocenters. The van der Waals surface area contributed by atoms with Crippen molar-refractivity contribution in [3.05, 3.63) is 363 Å². The van der Waals surface area contributed by atoms with Gasteiger partial charge in [-0.2, -0.15) is 0 Å². The highest BCUT2D eigenvalue weighted by Gasteiger charge is 2.37. The molecule has 0 aliphatic heterocycles. The van der Waals surface area contributed by atoms with E-state index in [1.807, 2.05) is 49.9 Å². The molecule has 0 radical (unpaired) electrons. The number of rotatable bonds is 8. The molecule has 0 amide bonds. The van der Waals surface area contributed by atoms with E-state index in [-0.39, 0.29) is 11.0 Å². The van der Waals surface area contributed by atoms with E-state index in [1.54, 1.807) is 6.07 Å². The zero-order chi connectivity index (χ0) is 86.6. The number of nitrogens with zero attached hydrogens (tertiary/aromatic N) is 5. The smallest absolute Gasteiger partial charge is 0.200 e. The van der Waals surface area contributed by atoms with E-state index in [4.69, 9.17) is 6.85 Å². The summed E-state index contributed by atoms with van der Waals surface area (Å²) in [6, 6.07) is 89.6. The van der Waals surface area contributed by atoms with Crippen LogP contribution >= 0.6 is 0 Å². The normalized spacial score (nSPS) is 12.8. The van der Waals surface area contributed by atoms with Crippen LogP contribution in [0.3, 0.4) is 0 Å². The predicted molar refractivity (Wildman–Crippen MR) is 493 cm³/mol. The van der Waals surface area contributed by atoms with Gasteiger partial charge in [0, 0.05) is 53.7 Å². The molecule has 18 rings (SSSR count). The quantitative estimate of drug-likeness (QED) is 0.135. The number of hydrogen-bond acceptors (Lipinski definition) is 0. The standard InChI is InChI=1S/C27H26N.C22H20N.2C21H24N.C20H22N/c1-17-10-11-20-19(14-17)12-13-28(5)26(20)22-16-25-23(15-18(22)2)21-8-6-7-9-24(21)27(25,3)4;1-15-8-9-20-19(12-15)10-11-23(3)22(20)21-14-18-7-5-4-6-17(18)13-16(21)2;1-14(2)17-8-9-19-18(13-17)10-11-22(5)21(19)20-12-15(3)6-7-16(20)4;1-6-17-12-15(3)13-20(16(17)4)21-19-8-7-14(2)11-18(19)9-10-22(21)5;1-14(2)16-9-10-19-17(13-16)11-12-21(4)20(19)18-8-6-5-7-15(18)3/h6-16H,1-5H3;4-14H,1-3H3;6-14H,1-5H3;7-13H,6H2,1-5H3;5-14H,1-4H3/q5*+1/i;;;3D3,6D2;. The van der Waals surface area contributed by atoms with Gasteiger partial charge in [0.05, 0.1) is 43.6 Å². The second-order valence-corrected chi connectivity index (χ2v) is 33.6. The van der Waals surface area contributed by atoms with Crippen LogP contribution in [-0.4, -0.2) is 0 Å². The Morgan fingerprint density at radius 2 is 0.655 bits per heavy atom. The van der Waals surface area contributed by atoms with Gasteiger partial charge in [0.15, 0.2) is 31.0 Å². The topological polar surface area (TPSA) is 19.4 Å². The average Bonchev–Trinajstić information content (AvgIpc) is 1.58. The highest BCUT2D eigenvalue weighted by molar-refractivity contribution is 6.00. The Labute approximate surface area is 697 Å². The molecule has 1 aliphatic rings. The third-order valence-electron chi connectivity index (χ3n) is 24.0. The fourth-order valence-corrected chi connectivity index (χ4v) is 17.4. The second-order valence-electron chi connectivity index (χ2n) is 33.6. The van der Waals surface area contributed by atoms with Crippen LogP contribution in [0.4, 0.5) is 0 Å². The zero-order valence-corrected chi connectivity index (χ0v) is 71.9. The molecule has 5 aromatic heterocycles. The minimum absolute atomic E-state index is 0.0219. The summed E-state index contributed by atoms with van der Waals surface area (Å²) in [4.78, 5) is 0. The predicted octanol–water partition coefficient (Wildman–Crippen LogP) is 26.0. The van der Waals surface area contributed by atoms with Gasteiger partial charge in [-0.05, 0) is 258 Å². The van der Waals surface area contributed by atoms with Gasteiger partial charge in [0.1, 0.15) is 35.2 Å². The number of fused-ring (bicyclic) bond motifs is 9. The maximum absolute atomic E-state index is 8.19. The largest absolute Gasteiger partial charge is 0.220 e. The molecule has 5 heteroatoms. The summed E-state index contributed by atoms with van der Waals surface area (Å²) in [6.45, 7) is 32.0. The SMILES string of the molecule is Cc1ccc(C)c(-c2c3ccc(C(C)C)cc3cc[n+]2C)c1.Cc1ccc2c(-c3cc4c(cc3C)-c3ccccc3C4(C)C)[n+](C)ccc2c1.Cc1ccc2c(-c3cc4ccccc4cc3C)[n+](C)ccc2c1.Cc1ccccc1-c1c2ccc(C(C)C)cc2cc[n+]1C.[2H]C([2H])([2H])c1cc(-c2c3ccc(C)cc3cc[n+]2C)c(C)c(C([2H])([2H])C)c1. The lowest BCUT2D eigenvalue weighted by atomic mass is 9.81. The van der Waals surface area contributed by atoms with E-state index >= 15 is 0 Å². The van der Waals surface area contributed by atoms with Gasteiger partial charge >= 0.3 is 0 Å². The molecule has 0 unspecified atom stereocenters. The Hall–Kier alpha value is -12.1. The Morgan fingerprint density at radius 1 is 0.293 bits per heavy atom. The van der Waals surface area contributed by atoms with Gasteiger partial charge < -0.3 is 0 Å². The van der Waals surface area contributed by atoms with Crippen molar-refractivity contribution in [3.8, 4) is 67.4 Å². The Balaban J connectivity index is 0.000000124. The molecule has 0 fully saturated rings. The van der Waals surface area contributed by atoms with Crippen LogP contribution in [0.15, 0.2) is 280 Å². The number of aryl methyl sites for hydroxylation is 15. The monoisotopic (exact) mass is 1520 g/mol. The first-order chi connectivity index (χ1) is 57.4. The Kier molecular flexibility index (Phi) is 21.3. The van der Waals surface area contributed by atoms with Crippen molar-refractivity contribution >= 4 is 64.6 Å². The summed E-state index contributed by atoms with van der Waals surface area (Å²) in [5.41, 5.74) is 32.2. The highest BCUT2D eigenvalue weighted by Crippen LogP contribution is 2.51. The second kappa shape index (κ2) is 33.4. The van der Waals surface area contributed by atoms with Gasteiger partial charge in [0.25, 0.3) is 0 Å². The summed E-state index contributed by atoms with van der Waals surface area (Å²) in [5.74, 6) is 1.12. The van der Waals surface area contributed by atoms with E-state index in [9.17, 15) is 0 Å². The van der Waals surface area contributed by atoms with E-state index in [2.05, 4.69) is 380 Å². The summed E-state index contributed by atoms with van der Waals surface area (Å²) >= 11 is 0. The minimum atomic E-state index is -2.30. The van der Waals surface area contributed by atoms with Gasteiger partial charge in [0.2, 0.25) is 28.5 Å². The number of benzene rings is 12. The lowest BCUT2D eigenvalue weighted by Gasteiger charge is -2.22. The van der Waals surface area contributed by atoms with Crippen molar-refractivity contribution < 1.29 is 29.7 Å². The molecule has 116 heavy (non-hydrogen) atoms. The summed E-state index contributed by atoms with van der Waals surface area (Å²) in [6.07, 6.45) is 8.99. The molecule has 17 aromatic rings. The number of hydrogen-bond donors (Lipinski definition) is 0. The van der Waals surface area contributed by atoms with E-state index < -0.39 is 13.2 Å². The molecule has 5 heterocycles. The summed E-state index contributed by atoms with van der Waals surface area (Å²) in [7, 11) is 10.5. The van der Waals surface area contributed by atoms with Crippen LogP contribution in [0.5, 0.6) is 0 Å². The molecular formula is C111H116N5+5. The van der Waals surface area contributed by atoms with Crippen molar-refractivity contribution in [1.29, 1.82) is 0 Å². The number of aromatic nitrogens is 5. The lowest BCUT2D eigenvalue weighted by Crippen LogP contribution is -2.31. The fraction of sp³-hybridized carbons (Fsp3) is 0.234. The van der Waals surface area contributed by atoms with Crippen molar-refractivity contribution in [3.63, 3.8) is 0 Å². The Bertz CT molecular complexity index is 6900. The Morgan fingerprint density at radius 3 is 1.12 bits per heavy atom. The first-order valence-electron chi connectivity index (χ1n) is 43.5. The van der Waals surface area contributed by atoms with Crippen LogP contribution in [-0.2, 0) is 47.0 Å². The van der Waals surface area contributed by atoms with Crippen molar-refractivity contribution in [1.82, 2.24) is 0 Å². The van der Waals surface area contributed by atoms with Crippen molar-refractivity contribution in [2.45, 2.75) is 141 Å². The molecule has 0 spiro atoms. The molecule has 0 N–H and O–H groups in total. The van der Waals surface area contributed by atoms with Crippen LogP contribution in [0.1, 0.15) is 151 Å². The van der Waals surface area contributed by atoms with Crippen molar-refractivity contribution in [2.75, 3.05) is 0 Å². The molecule has 1 aliphatic carbocycles. The average molecular weight is 1530 g/mol. The minimum Gasteiger partial charge on any atom is -0.200 e. The van der Waals surface area contributed by atoms with Crippen LogP contribution in [0.25, 0.3) is 132 Å². The van der Waals surface area contributed by atoms with Gasteiger partial charge in [-0.1, -0.05) is 228 Å². The maximum atomic E-state index is 8.19. The molecule has 0 saturated carbocycles. The molecule has 580 valence electrons. The van der Waals surface area contributed by atoms with E-state index in [1.165, 1.54) is 184 Å². The highest BCUT2D eigenvalue weighted by atomic mass is 14.9. The molecule has 5 nitrogen and oxygen atoms in total. The van der Waals surface area contributed by atoms with Gasteiger partial charge in [-0.25, -0.2) is 22.8 Å². The van der Waals surface area contributed by atoms with Crippen molar-refractivity contribution in [2.24, 2.45) is 35.2 Å². The fourth-order valence-electron chi connectivity index (χ4n) is 17.4. The van der Waals surface area contributed by atoms with Gasteiger partial charge in [-0.15, -0.1) is 0 Å². The molecular weight excluding hydrogens is 1400 g/mol. The first kappa shape index (κ1) is 74.1. The first-order valence-corrected chi connectivity index (χ1v) is 41.0. The number of pyridine rings is 5. The van der Waals surface area contributed by atoms with Crippen LogP contribution < -0.4 is 22.8 Å². The van der Waals surface area contributed by atoms with E-state index in [0.29, 0.717) is 17.4 Å². The maximum Gasteiger partial charge on any atom is 0.220 e. The summed E-state index contributed by atoms with van der Waals surface area (Å²) in [5, 5.41) is 15.2. The zero-order valence-electron chi connectivity index (χ0n) is 76.9. The third kappa shape index (κ3) is 16.1. The van der Waals surface area contributed by atoms with Crippen LogP contribution in [0, 0.1) is 69.2 Å². The van der Waals surface area contributed by atoms with Crippen LogP contribution in [0.2, 0.25) is 0 Å². The molecule has 0 saturated heterocycles. The summed E-state index contributed by atoms with van der Waals surface area (Å²) < 4.78 is 50.9. The van der Waals surface area contributed by atoms with Gasteiger partial charge in [-0.3, -0.25) is 0 Å². The molecule has 12 aromatic carbocycles. The third-order valence-corrected chi connectivity index (χ3v) is 24.0.